The number of anilines is 2. The quantitative estimate of drug-likeness (QED) is 0.513. The van der Waals surface area contributed by atoms with Crippen molar-refractivity contribution in [1.82, 2.24) is 19.6 Å². The van der Waals surface area contributed by atoms with Crippen LogP contribution in [0.2, 0.25) is 10.0 Å². The number of hydrogen-bond acceptors (Lipinski definition) is 4. The molecule has 0 fully saturated rings. The number of H-pyrrole nitrogens is 1. The number of carbonyl (C=O) groups is 1. The number of carboxylic acids is 1. The molecule has 0 spiro atoms. The molecule has 0 aliphatic rings. The summed E-state index contributed by atoms with van der Waals surface area (Å²) in [6.45, 7) is 0. The van der Waals surface area contributed by atoms with E-state index in [0.29, 0.717) is 27.3 Å². The van der Waals surface area contributed by atoms with Gasteiger partial charge in [-0.05, 0) is 36.4 Å². The van der Waals surface area contributed by atoms with E-state index in [0.717, 1.165) is 11.2 Å². The van der Waals surface area contributed by atoms with Gasteiger partial charge in [0.2, 0.25) is 5.95 Å². The number of nitrogens with one attached hydrogen (secondary N) is 2. The first-order valence-corrected chi connectivity index (χ1v) is 7.60. The third-order valence-electron chi connectivity index (χ3n) is 3.50. The number of rotatable bonds is 3. The van der Waals surface area contributed by atoms with Gasteiger partial charge in [0.15, 0.2) is 0 Å². The van der Waals surface area contributed by atoms with Gasteiger partial charge in [0.05, 0.1) is 26.6 Å². The van der Waals surface area contributed by atoms with Gasteiger partial charge in [0.25, 0.3) is 5.78 Å². The highest BCUT2D eigenvalue weighted by Gasteiger charge is 2.12. The lowest BCUT2D eigenvalue weighted by molar-refractivity contribution is 0.0697. The summed E-state index contributed by atoms with van der Waals surface area (Å²) in [5.74, 6) is -0.0984. The van der Waals surface area contributed by atoms with E-state index in [1.54, 1.807) is 28.8 Å². The second kappa shape index (κ2) is 5.40. The molecule has 2 aromatic heterocycles. The van der Waals surface area contributed by atoms with Crippen molar-refractivity contribution in [2.75, 3.05) is 5.32 Å². The van der Waals surface area contributed by atoms with Crippen molar-refractivity contribution in [3.8, 4) is 0 Å². The highest BCUT2D eigenvalue weighted by molar-refractivity contribution is 6.42. The lowest BCUT2D eigenvalue weighted by atomic mass is 10.2. The van der Waals surface area contributed by atoms with Crippen molar-refractivity contribution in [2.24, 2.45) is 0 Å². The van der Waals surface area contributed by atoms with Crippen molar-refractivity contribution in [2.45, 2.75) is 0 Å². The molecule has 4 aromatic rings. The van der Waals surface area contributed by atoms with Crippen LogP contribution >= 0.6 is 23.2 Å². The Morgan fingerprint density at radius 1 is 1.12 bits per heavy atom. The van der Waals surface area contributed by atoms with E-state index in [9.17, 15) is 4.79 Å². The number of halogens is 2. The average molecular weight is 362 g/mol. The number of imidazole rings is 1. The van der Waals surface area contributed by atoms with Gasteiger partial charge < -0.3 is 10.4 Å². The lowest BCUT2D eigenvalue weighted by Crippen LogP contribution is -1.96. The lowest BCUT2D eigenvalue weighted by Gasteiger charge is -2.03. The fourth-order valence-corrected chi connectivity index (χ4v) is 2.68. The van der Waals surface area contributed by atoms with Gasteiger partial charge in [-0.1, -0.05) is 23.2 Å². The molecule has 120 valence electrons. The SMILES string of the molecule is O=C(O)c1ccc2c(c1)nc1nc(Nc3ccc(Cl)c(Cl)c3)[nH]n12. The van der Waals surface area contributed by atoms with Crippen molar-refractivity contribution in [1.29, 1.82) is 0 Å². The smallest absolute Gasteiger partial charge is 0.335 e. The molecule has 4 rings (SSSR count). The maximum absolute atomic E-state index is 11.0. The van der Waals surface area contributed by atoms with Crippen LogP contribution in [0, 0.1) is 0 Å². The standard InChI is InChI=1S/C15H9Cl2N5O2/c16-9-3-2-8(6-10(9)17)18-14-20-15-19-11-5-7(13(23)24)1-4-12(11)22(15)21-14/h1-6H,(H,23,24)(H2,18,19,20,21). The molecular weight excluding hydrogens is 353 g/mol. The highest BCUT2D eigenvalue weighted by Crippen LogP contribution is 2.26. The summed E-state index contributed by atoms with van der Waals surface area (Å²) in [5.41, 5.74) is 2.18. The molecule has 0 amide bonds. The molecule has 0 saturated heterocycles. The number of aromatic nitrogens is 4. The first-order chi connectivity index (χ1) is 11.5. The number of nitrogens with zero attached hydrogens (tertiary/aromatic N) is 3. The van der Waals surface area contributed by atoms with Crippen LogP contribution in [-0.4, -0.2) is 30.7 Å². The molecule has 2 aromatic carbocycles. The molecule has 0 saturated carbocycles. The summed E-state index contributed by atoms with van der Waals surface area (Å²) in [5, 5.41) is 16.1. The molecule has 0 aliphatic heterocycles. The van der Waals surface area contributed by atoms with Crippen LogP contribution in [0.1, 0.15) is 10.4 Å². The van der Waals surface area contributed by atoms with Gasteiger partial charge in [-0.2, -0.15) is 4.98 Å². The summed E-state index contributed by atoms with van der Waals surface area (Å²) in [6.07, 6.45) is 0. The Bertz CT molecular complexity index is 1100. The minimum Gasteiger partial charge on any atom is -0.478 e. The molecule has 0 atom stereocenters. The second-order valence-electron chi connectivity index (χ2n) is 5.08. The summed E-state index contributed by atoms with van der Waals surface area (Å²) in [4.78, 5) is 19.7. The Kier molecular flexibility index (Phi) is 3.33. The molecule has 0 bridgehead atoms. The third-order valence-corrected chi connectivity index (χ3v) is 4.23. The fraction of sp³-hybridized carbons (Fsp3) is 0. The minimum atomic E-state index is -0.997. The topological polar surface area (TPSA) is 95.3 Å². The van der Waals surface area contributed by atoms with E-state index in [2.05, 4.69) is 20.4 Å². The van der Waals surface area contributed by atoms with Crippen LogP contribution in [0.15, 0.2) is 36.4 Å². The maximum atomic E-state index is 11.0. The molecule has 0 radical (unpaired) electrons. The Hall–Kier alpha value is -2.77. The van der Waals surface area contributed by atoms with Gasteiger partial charge in [-0.3, -0.25) is 5.10 Å². The Morgan fingerprint density at radius 3 is 2.71 bits per heavy atom. The fourth-order valence-electron chi connectivity index (χ4n) is 2.38. The predicted molar refractivity (Wildman–Crippen MR) is 91.5 cm³/mol. The monoisotopic (exact) mass is 361 g/mol. The average Bonchev–Trinajstić information content (AvgIpc) is 3.07. The van der Waals surface area contributed by atoms with Gasteiger partial charge in [-0.25, -0.2) is 14.3 Å². The van der Waals surface area contributed by atoms with E-state index in [1.165, 1.54) is 12.1 Å². The Labute approximate surface area is 144 Å². The number of carboxylic acid groups (broad SMARTS) is 1. The van der Waals surface area contributed by atoms with E-state index in [4.69, 9.17) is 28.3 Å². The summed E-state index contributed by atoms with van der Waals surface area (Å²) < 4.78 is 1.67. The van der Waals surface area contributed by atoms with Gasteiger partial charge in [-0.15, -0.1) is 0 Å². The van der Waals surface area contributed by atoms with E-state index < -0.39 is 5.97 Å². The van der Waals surface area contributed by atoms with E-state index in [1.807, 2.05) is 0 Å². The normalized spacial score (nSPS) is 11.2. The Morgan fingerprint density at radius 2 is 1.96 bits per heavy atom. The zero-order valence-corrected chi connectivity index (χ0v) is 13.4. The number of aromatic carboxylic acids is 1. The summed E-state index contributed by atoms with van der Waals surface area (Å²) in [6, 6.07) is 9.85. The summed E-state index contributed by atoms with van der Waals surface area (Å²) >= 11 is 11.9. The van der Waals surface area contributed by atoms with E-state index >= 15 is 0 Å². The molecule has 0 unspecified atom stereocenters. The minimum absolute atomic E-state index is 0.178. The predicted octanol–water partition coefficient (Wildman–Crippen LogP) is 3.96. The molecule has 9 heteroatoms. The molecule has 0 aliphatic carbocycles. The van der Waals surface area contributed by atoms with E-state index in [-0.39, 0.29) is 5.56 Å². The van der Waals surface area contributed by atoms with Crippen LogP contribution < -0.4 is 5.32 Å². The van der Waals surface area contributed by atoms with Crippen molar-refractivity contribution in [3.63, 3.8) is 0 Å². The largest absolute Gasteiger partial charge is 0.478 e. The third kappa shape index (κ3) is 2.44. The van der Waals surface area contributed by atoms with Crippen LogP contribution in [0.3, 0.4) is 0 Å². The second-order valence-corrected chi connectivity index (χ2v) is 5.90. The number of aromatic amines is 1. The van der Waals surface area contributed by atoms with Crippen molar-refractivity contribution < 1.29 is 9.90 Å². The zero-order chi connectivity index (χ0) is 16.8. The molecular formula is C15H9Cl2N5O2. The molecule has 7 nitrogen and oxygen atoms in total. The molecule has 3 N–H and O–H groups in total. The first-order valence-electron chi connectivity index (χ1n) is 6.85. The van der Waals surface area contributed by atoms with Crippen LogP contribution in [0.5, 0.6) is 0 Å². The van der Waals surface area contributed by atoms with Crippen molar-refractivity contribution >= 4 is 57.6 Å². The highest BCUT2D eigenvalue weighted by atomic mass is 35.5. The van der Waals surface area contributed by atoms with Crippen LogP contribution in [0.4, 0.5) is 11.6 Å². The number of benzene rings is 2. The number of fused-ring (bicyclic) bond motifs is 3. The molecule has 24 heavy (non-hydrogen) atoms. The Balaban J connectivity index is 1.73. The number of hydrogen-bond donors (Lipinski definition) is 3. The zero-order valence-electron chi connectivity index (χ0n) is 11.9. The van der Waals surface area contributed by atoms with Crippen LogP contribution in [0.25, 0.3) is 16.8 Å². The van der Waals surface area contributed by atoms with Crippen LogP contribution in [-0.2, 0) is 0 Å². The van der Waals surface area contributed by atoms with Gasteiger partial charge in [0, 0.05) is 5.69 Å². The first kappa shape index (κ1) is 14.8. The van der Waals surface area contributed by atoms with Gasteiger partial charge >= 0.3 is 5.97 Å². The summed E-state index contributed by atoms with van der Waals surface area (Å²) in [7, 11) is 0. The van der Waals surface area contributed by atoms with Crippen molar-refractivity contribution in [3.05, 3.63) is 52.0 Å². The van der Waals surface area contributed by atoms with Gasteiger partial charge in [0.1, 0.15) is 0 Å². The maximum Gasteiger partial charge on any atom is 0.335 e. The molecule has 2 heterocycles.